The molecule has 3 aromatic rings. The van der Waals surface area contributed by atoms with Crippen molar-refractivity contribution in [3.05, 3.63) is 63.8 Å². The second-order valence-corrected chi connectivity index (χ2v) is 5.34. The van der Waals surface area contributed by atoms with Crippen LogP contribution in [-0.4, -0.2) is 9.78 Å². The molecule has 0 fully saturated rings. The molecule has 2 nitrogen and oxygen atoms in total. The van der Waals surface area contributed by atoms with E-state index in [4.69, 9.17) is 23.2 Å². The fourth-order valence-corrected chi connectivity index (χ4v) is 2.69. The average molecular weight is 321 g/mol. The Kier molecular flexibility index (Phi) is 5.27. The number of nitrogens with zero attached hydrogens (tertiary/aromatic N) is 2. The van der Waals surface area contributed by atoms with Gasteiger partial charge in [-0.05, 0) is 30.7 Å². The van der Waals surface area contributed by atoms with E-state index >= 15 is 0 Å². The first-order valence-corrected chi connectivity index (χ1v) is 7.77. The van der Waals surface area contributed by atoms with Crippen LogP contribution in [0.25, 0.3) is 10.9 Å². The lowest BCUT2D eigenvalue weighted by Gasteiger charge is -2.06. The van der Waals surface area contributed by atoms with Crippen LogP contribution in [0.5, 0.6) is 0 Å². The predicted molar refractivity (Wildman–Crippen MR) is 91.4 cm³/mol. The van der Waals surface area contributed by atoms with Gasteiger partial charge in [0.2, 0.25) is 0 Å². The zero-order valence-electron chi connectivity index (χ0n) is 12.4. The van der Waals surface area contributed by atoms with Crippen molar-refractivity contribution in [2.24, 2.45) is 0 Å². The molecule has 0 amide bonds. The monoisotopic (exact) mass is 320 g/mol. The van der Waals surface area contributed by atoms with E-state index in [1.165, 1.54) is 5.39 Å². The number of rotatable bonds is 2. The van der Waals surface area contributed by atoms with E-state index in [9.17, 15) is 0 Å². The lowest BCUT2D eigenvalue weighted by atomic mass is 10.2. The van der Waals surface area contributed by atoms with Gasteiger partial charge in [-0.3, -0.25) is 4.68 Å². The molecule has 110 valence electrons. The Labute approximate surface area is 135 Å². The highest BCUT2D eigenvalue weighted by atomic mass is 35.5. The highest BCUT2D eigenvalue weighted by Crippen LogP contribution is 2.24. The minimum Gasteiger partial charge on any atom is -0.260 e. The summed E-state index contributed by atoms with van der Waals surface area (Å²) in [6.07, 6.45) is 0. The van der Waals surface area contributed by atoms with Gasteiger partial charge in [-0.2, -0.15) is 5.10 Å². The van der Waals surface area contributed by atoms with Crippen molar-refractivity contribution in [2.45, 2.75) is 27.3 Å². The van der Waals surface area contributed by atoms with Crippen molar-refractivity contribution in [2.75, 3.05) is 0 Å². The third kappa shape index (κ3) is 3.39. The lowest BCUT2D eigenvalue weighted by molar-refractivity contribution is 0.703. The Bertz CT molecular complexity index is 748. The molecule has 0 spiro atoms. The van der Waals surface area contributed by atoms with Crippen LogP contribution in [0.2, 0.25) is 10.0 Å². The van der Waals surface area contributed by atoms with E-state index in [0.717, 1.165) is 16.8 Å². The minimum absolute atomic E-state index is 0.643. The molecule has 0 aliphatic heterocycles. The standard InChI is InChI=1S/C15H12Cl2N2.C2H6/c1-10-13-4-2-3-5-15(13)19(18-10)9-11-6-7-12(16)8-14(11)17;1-2/h2-8H,9H2,1H3;1-2H3. The van der Waals surface area contributed by atoms with E-state index in [1.54, 1.807) is 6.07 Å². The minimum atomic E-state index is 0.643. The van der Waals surface area contributed by atoms with Gasteiger partial charge in [-0.25, -0.2) is 0 Å². The van der Waals surface area contributed by atoms with E-state index in [-0.39, 0.29) is 0 Å². The van der Waals surface area contributed by atoms with Crippen molar-refractivity contribution in [3.8, 4) is 0 Å². The Morgan fingerprint density at radius 1 is 1.05 bits per heavy atom. The number of aromatic nitrogens is 2. The van der Waals surface area contributed by atoms with Crippen LogP contribution in [0, 0.1) is 6.92 Å². The van der Waals surface area contributed by atoms with Gasteiger partial charge in [0.15, 0.2) is 0 Å². The van der Waals surface area contributed by atoms with Gasteiger partial charge < -0.3 is 0 Å². The van der Waals surface area contributed by atoms with Crippen molar-refractivity contribution < 1.29 is 0 Å². The van der Waals surface area contributed by atoms with Crippen molar-refractivity contribution in [1.82, 2.24) is 9.78 Å². The van der Waals surface area contributed by atoms with Crippen LogP contribution in [0.15, 0.2) is 42.5 Å². The number of hydrogen-bond acceptors (Lipinski definition) is 1. The Balaban J connectivity index is 0.000000774. The van der Waals surface area contributed by atoms with E-state index in [1.807, 2.05) is 49.7 Å². The summed E-state index contributed by atoms with van der Waals surface area (Å²) >= 11 is 12.1. The van der Waals surface area contributed by atoms with Gasteiger partial charge >= 0.3 is 0 Å². The van der Waals surface area contributed by atoms with Crippen LogP contribution in [0.1, 0.15) is 25.1 Å². The zero-order chi connectivity index (χ0) is 15.4. The van der Waals surface area contributed by atoms with Crippen molar-refractivity contribution in [3.63, 3.8) is 0 Å². The SMILES string of the molecule is CC.Cc1nn(Cc2ccc(Cl)cc2Cl)c2ccccc12. The highest BCUT2D eigenvalue weighted by Gasteiger charge is 2.08. The molecule has 1 heterocycles. The number of hydrogen-bond donors (Lipinski definition) is 0. The van der Waals surface area contributed by atoms with E-state index < -0.39 is 0 Å². The number of benzene rings is 2. The number of aryl methyl sites for hydroxylation is 1. The molecule has 0 unspecified atom stereocenters. The molecule has 3 rings (SSSR count). The smallest absolute Gasteiger partial charge is 0.0689 e. The molecule has 21 heavy (non-hydrogen) atoms. The summed E-state index contributed by atoms with van der Waals surface area (Å²) in [6, 6.07) is 13.7. The molecule has 2 aromatic carbocycles. The molecule has 0 bridgehead atoms. The van der Waals surface area contributed by atoms with Gasteiger partial charge in [-0.15, -0.1) is 0 Å². The van der Waals surface area contributed by atoms with Crippen molar-refractivity contribution >= 4 is 34.1 Å². The first-order chi connectivity index (χ1) is 10.1. The Hall–Kier alpha value is -1.51. The number of fused-ring (bicyclic) bond motifs is 1. The summed E-state index contributed by atoms with van der Waals surface area (Å²) in [5.41, 5.74) is 3.16. The highest BCUT2D eigenvalue weighted by molar-refractivity contribution is 6.35. The van der Waals surface area contributed by atoms with Crippen LogP contribution < -0.4 is 0 Å². The molecule has 1 aromatic heterocycles. The van der Waals surface area contributed by atoms with Crippen LogP contribution in [0.4, 0.5) is 0 Å². The second-order valence-electron chi connectivity index (χ2n) is 4.50. The Morgan fingerprint density at radius 2 is 1.76 bits per heavy atom. The molecule has 4 heteroatoms. The average Bonchev–Trinajstić information content (AvgIpc) is 2.81. The van der Waals surface area contributed by atoms with Gasteiger partial charge in [-0.1, -0.05) is 61.3 Å². The molecule has 0 aliphatic rings. The zero-order valence-corrected chi connectivity index (χ0v) is 13.9. The molecular weight excluding hydrogens is 303 g/mol. The normalized spacial score (nSPS) is 10.3. The number of para-hydroxylation sites is 1. The maximum absolute atomic E-state index is 6.21. The quantitative estimate of drug-likeness (QED) is 0.590. The van der Waals surface area contributed by atoms with Crippen LogP contribution in [0.3, 0.4) is 0 Å². The summed E-state index contributed by atoms with van der Waals surface area (Å²) in [6.45, 7) is 6.66. The third-order valence-electron chi connectivity index (χ3n) is 3.18. The Morgan fingerprint density at radius 3 is 2.48 bits per heavy atom. The maximum atomic E-state index is 6.21. The summed E-state index contributed by atoms with van der Waals surface area (Å²) in [5, 5.41) is 7.07. The largest absolute Gasteiger partial charge is 0.260 e. The molecule has 0 saturated carbocycles. The molecular formula is C17H18Cl2N2. The first kappa shape index (κ1) is 15.9. The van der Waals surface area contributed by atoms with Crippen molar-refractivity contribution in [1.29, 1.82) is 0 Å². The summed E-state index contributed by atoms with van der Waals surface area (Å²) in [7, 11) is 0. The van der Waals surface area contributed by atoms with Crippen LogP contribution in [-0.2, 0) is 6.54 Å². The van der Waals surface area contributed by atoms with Crippen LogP contribution >= 0.6 is 23.2 Å². The molecule has 0 N–H and O–H groups in total. The van der Waals surface area contributed by atoms with Gasteiger partial charge in [0.05, 0.1) is 17.8 Å². The van der Waals surface area contributed by atoms with E-state index in [0.29, 0.717) is 16.6 Å². The first-order valence-electron chi connectivity index (χ1n) is 7.01. The summed E-state index contributed by atoms with van der Waals surface area (Å²) in [5.74, 6) is 0. The van der Waals surface area contributed by atoms with Gasteiger partial charge in [0, 0.05) is 15.4 Å². The fourth-order valence-electron chi connectivity index (χ4n) is 2.23. The van der Waals surface area contributed by atoms with Gasteiger partial charge in [0.25, 0.3) is 0 Å². The van der Waals surface area contributed by atoms with Gasteiger partial charge in [0.1, 0.15) is 0 Å². The fraction of sp³-hybridized carbons (Fsp3) is 0.235. The molecule has 0 atom stereocenters. The maximum Gasteiger partial charge on any atom is 0.0689 e. The predicted octanol–water partition coefficient (Wildman–Crippen LogP) is 5.73. The van der Waals surface area contributed by atoms with E-state index in [2.05, 4.69) is 17.2 Å². The second kappa shape index (κ2) is 6.97. The lowest BCUT2D eigenvalue weighted by Crippen LogP contribution is -2.02. The molecule has 0 saturated heterocycles. The third-order valence-corrected chi connectivity index (χ3v) is 3.76. The molecule has 0 aliphatic carbocycles. The topological polar surface area (TPSA) is 17.8 Å². The number of halogens is 2. The summed E-state index contributed by atoms with van der Waals surface area (Å²) in [4.78, 5) is 0. The summed E-state index contributed by atoms with van der Waals surface area (Å²) < 4.78 is 1.97. The molecule has 0 radical (unpaired) electrons.